The number of carbonyl (C=O) groups is 1. The van der Waals surface area contributed by atoms with Crippen LogP contribution in [0.1, 0.15) is 43.9 Å². The number of hydrogen-bond donors (Lipinski definition) is 3. The highest BCUT2D eigenvalue weighted by Crippen LogP contribution is 2.28. The van der Waals surface area contributed by atoms with Gasteiger partial charge in [-0.25, -0.2) is 13.6 Å². The third-order valence-electron chi connectivity index (χ3n) is 4.09. The van der Waals surface area contributed by atoms with Crippen molar-refractivity contribution >= 4 is 11.7 Å². The topological polar surface area (TPSA) is 74.2 Å². The van der Waals surface area contributed by atoms with Crippen LogP contribution in [0.2, 0.25) is 0 Å². The molecule has 0 amide bonds. The van der Waals surface area contributed by atoms with E-state index in [4.69, 9.17) is 10.1 Å². The molecule has 1 atom stereocenters. The fourth-order valence-electron chi connectivity index (χ4n) is 2.85. The van der Waals surface area contributed by atoms with Gasteiger partial charge in [-0.05, 0) is 19.4 Å². The highest BCUT2D eigenvalue weighted by Gasteiger charge is 2.24. The fourth-order valence-corrected chi connectivity index (χ4v) is 2.85. The summed E-state index contributed by atoms with van der Waals surface area (Å²) in [4.78, 5) is 11.9. The van der Waals surface area contributed by atoms with Crippen LogP contribution in [0.25, 0.3) is 0 Å². The normalized spacial score (nSPS) is 15.9. The van der Waals surface area contributed by atoms with Gasteiger partial charge < -0.3 is 15.4 Å². The molecule has 7 heteroatoms. The summed E-state index contributed by atoms with van der Waals surface area (Å²) >= 11 is 0. The Morgan fingerprint density at radius 1 is 1.36 bits per heavy atom. The number of carbonyl (C=O) groups excluding carboxylic acids is 1. The van der Waals surface area contributed by atoms with Crippen LogP contribution < -0.4 is 10.6 Å². The molecule has 0 spiro atoms. The average molecular weight is 351 g/mol. The summed E-state index contributed by atoms with van der Waals surface area (Å²) in [7, 11) is 0. The molecule has 5 nitrogen and oxygen atoms in total. The Hall–Kier alpha value is -2.28. The van der Waals surface area contributed by atoms with Crippen LogP contribution in [0.5, 0.6) is 0 Å². The second kappa shape index (κ2) is 8.71. The first kappa shape index (κ1) is 19.1. The van der Waals surface area contributed by atoms with E-state index in [2.05, 4.69) is 10.6 Å². The van der Waals surface area contributed by atoms with Gasteiger partial charge in [0.05, 0.1) is 6.61 Å². The van der Waals surface area contributed by atoms with Gasteiger partial charge in [-0.3, -0.25) is 5.41 Å². The molecule has 0 aromatic heterocycles. The molecule has 0 saturated heterocycles. The van der Waals surface area contributed by atoms with Crippen LogP contribution in [-0.2, 0) is 9.53 Å². The van der Waals surface area contributed by atoms with Crippen LogP contribution in [0, 0.1) is 5.41 Å². The Labute approximate surface area is 146 Å². The maximum absolute atomic E-state index is 13.2. The van der Waals surface area contributed by atoms with Crippen LogP contribution in [-0.4, -0.2) is 31.4 Å². The third kappa shape index (κ3) is 4.63. The van der Waals surface area contributed by atoms with E-state index >= 15 is 0 Å². The summed E-state index contributed by atoms with van der Waals surface area (Å²) in [6, 6.07) is 6.01. The third-order valence-corrected chi connectivity index (χ3v) is 4.09. The molecule has 1 aromatic rings. The Bertz CT molecular complexity index is 674. The van der Waals surface area contributed by atoms with Crippen molar-refractivity contribution in [2.24, 2.45) is 0 Å². The van der Waals surface area contributed by atoms with E-state index in [0.29, 0.717) is 36.3 Å². The molecule has 1 aliphatic rings. The predicted molar refractivity (Wildman–Crippen MR) is 91.8 cm³/mol. The van der Waals surface area contributed by atoms with Gasteiger partial charge in [-0.1, -0.05) is 24.3 Å². The minimum Gasteiger partial charge on any atom is -0.461 e. The van der Waals surface area contributed by atoms with Crippen molar-refractivity contribution < 1.29 is 18.3 Å². The molecular formula is C18H23F2N3O2. The first-order valence-electron chi connectivity index (χ1n) is 8.28. The zero-order valence-electron chi connectivity index (χ0n) is 14.4. The second-order valence-corrected chi connectivity index (χ2v) is 5.77. The molecule has 1 aromatic carbocycles. The highest BCUT2D eigenvalue weighted by atomic mass is 19.3. The Morgan fingerprint density at radius 2 is 2.04 bits per heavy atom. The molecule has 1 heterocycles. The minimum atomic E-state index is -2.56. The number of nitrogens with one attached hydrogen (secondary N) is 3. The van der Waals surface area contributed by atoms with Crippen LogP contribution >= 0.6 is 0 Å². The van der Waals surface area contributed by atoms with E-state index in [1.807, 2.05) is 0 Å². The SMILES string of the molecule is CCOC(=O)C(=N)C1=C(NC(C)c2ccccc2C(F)F)CCNC1. The molecule has 25 heavy (non-hydrogen) atoms. The van der Waals surface area contributed by atoms with E-state index in [1.54, 1.807) is 32.0 Å². The lowest BCUT2D eigenvalue weighted by atomic mass is 9.98. The van der Waals surface area contributed by atoms with E-state index in [1.165, 1.54) is 6.07 Å². The molecule has 0 aliphatic carbocycles. The van der Waals surface area contributed by atoms with E-state index in [-0.39, 0.29) is 23.9 Å². The number of alkyl halides is 2. The zero-order valence-corrected chi connectivity index (χ0v) is 14.4. The van der Waals surface area contributed by atoms with Gasteiger partial charge in [0.25, 0.3) is 6.43 Å². The lowest BCUT2D eigenvalue weighted by Gasteiger charge is -2.26. The Morgan fingerprint density at radius 3 is 2.68 bits per heavy atom. The van der Waals surface area contributed by atoms with Crippen molar-refractivity contribution in [1.82, 2.24) is 10.6 Å². The van der Waals surface area contributed by atoms with Crippen molar-refractivity contribution in [3.05, 3.63) is 46.7 Å². The molecule has 1 aliphatic heterocycles. The summed E-state index contributed by atoms with van der Waals surface area (Å²) < 4.78 is 31.3. The molecule has 136 valence electrons. The van der Waals surface area contributed by atoms with Crippen molar-refractivity contribution in [3.8, 4) is 0 Å². The smallest absolute Gasteiger partial charge is 0.356 e. The Kier molecular flexibility index (Phi) is 6.64. The first-order valence-corrected chi connectivity index (χ1v) is 8.28. The van der Waals surface area contributed by atoms with Gasteiger partial charge in [-0.2, -0.15) is 0 Å². The lowest BCUT2D eigenvalue weighted by Crippen LogP contribution is -2.36. The number of hydrogen-bond acceptors (Lipinski definition) is 5. The number of ether oxygens (including phenoxy) is 1. The number of halogens is 2. The maximum Gasteiger partial charge on any atom is 0.356 e. The van der Waals surface area contributed by atoms with Gasteiger partial charge in [0.2, 0.25) is 0 Å². The monoisotopic (exact) mass is 351 g/mol. The van der Waals surface area contributed by atoms with Crippen LogP contribution in [0.3, 0.4) is 0 Å². The summed E-state index contributed by atoms with van der Waals surface area (Å²) in [6.45, 7) is 4.72. The number of benzene rings is 1. The molecular weight excluding hydrogens is 328 g/mol. The molecule has 0 fully saturated rings. The standard InChI is InChI=1S/C18H23F2N3O2/c1-3-25-18(24)16(21)14-10-22-9-8-15(14)23-11(2)12-6-4-5-7-13(12)17(19)20/h4-7,11,17,21-23H,3,8-10H2,1-2H3. The van der Waals surface area contributed by atoms with Crippen molar-refractivity contribution in [1.29, 1.82) is 5.41 Å². The van der Waals surface area contributed by atoms with Crippen molar-refractivity contribution in [2.45, 2.75) is 32.7 Å². The second-order valence-electron chi connectivity index (χ2n) is 5.77. The molecule has 2 rings (SSSR count). The largest absolute Gasteiger partial charge is 0.461 e. The summed E-state index contributed by atoms with van der Waals surface area (Å²) in [5.41, 5.74) is 1.52. The molecule has 3 N–H and O–H groups in total. The van der Waals surface area contributed by atoms with Gasteiger partial charge >= 0.3 is 5.97 Å². The molecule has 0 saturated carbocycles. The first-order chi connectivity index (χ1) is 12.0. The van der Waals surface area contributed by atoms with Gasteiger partial charge in [0.1, 0.15) is 5.71 Å². The van der Waals surface area contributed by atoms with E-state index in [9.17, 15) is 13.6 Å². The van der Waals surface area contributed by atoms with E-state index in [0.717, 1.165) is 0 Å². The van der Waals surface area contributed by atoms with Crippen molar-refractivity contribution in [3.63, 3.8) is 0 Å². The maximum atomic E-state index is 13.2. The molecule has 0 radical (unpaired) electrons. The van der Waals surface area contributed by atoms with Crippen LogP contribution in [0.15, 0.2) is 35.5 Å². The van der Waals surface area contributed by atoms with E-state index < -0.39 is 12.4 Å². The predicted octanol–water partition coefficient (Wildman–Crippen LogP) is 3.11. The number of rotatable bonds is 7. The molecule has 0 bridgehead atoms. The summed E-state index contributed by atoms with van der Waals surface area (Å²) in [5, 5.41) is 14.4. The zero-order chi connectivity index (χ0) is 18.4. The number of esters is 1. The lowest BCUT2D eigenvalue weighted by molar-refractivity contribution is -0.135. The minimum absolute atomic E-state index is 0.0148. The van der Waals surface area contributed by atoms with Gasteiger partial charge in [-0.15, -0.1) is 0 Å². The Balaban J connectivity index is 2.26. The highest BCUT2D eigenvalue weighted by molar-refractivity contribution is 6.42. The molecule has 1 unspecified atom stereocenters. The van der Waals surface area contributed by atoms with Crippen molar-refractivity contribution in [2.75, 3.05) is 19.7 Å². The average Bonchev–Trinajstić information content (AvgIpc) is 2.61. The van der Waals surface area contributed by atoms with Gasteiger partial charge in [0.15, 0.2) is 0 Å². The van der Waals surface area contributed by atoms with Crippen LogP contribution in [0.4, 0.5) is 8.78 Å². The quantitative estimate of drug-likeness (QED) is 0.521. The summed E-state index contributed by atoms with van der Waals surface area (Å²) in [5.74, 6) is -0.680. The fraction of sp³-hybridized carbons (Fsp3) is 0.444. The summed E-state index contributed by atoms with van der Waals surface area (Å²) in [6.07, 6.45) is -1.97. The van der Waals surface area contributed by atoms with Gasteiger partial charge in [0, 0.05) is 42.4 Å².